The van der Waals surface area contributed by atoms with Gasteiger partial charge in [-0.25, -0.2) is 4.79 Å². The Hall–Kier alpha value is -2.29. The van der Waals surface area contributed by atoms with E-state index in [2.05, 4.69) is 19.1 Å². The Morgan fingerprint density at radius 3 is 2.59 bits per heavy atom. The van der Waals surface area contributed by atoms with E-state index in [1.165, 1.54) is 9.75 Å². The molecule has 0 spiro atoms. The van der Waals surface area contributed by atoms with Crippen LogP contribution in [0.3, 0.4) is 0 Å². The Morgan fingerprint density at radius 1 is 1.11 bits per heavy atom. The third-order valence-corrected chi connectivity index (χ3v) is 7.97. The summed E-state index contributed by atoms with van der Waals surface area (Å²) in [5.41, 5.74) is 0.465. The maximum atomic E-state index is 12.2. The van der Waals surface area contributed by atoms with Gasteiger partial charge in [0.25, 0.3) is 0 Å². The fourth-order valence-corrected chi connectivity index (χ4v) is 5.69. The molecule has 1 aliphatic carbocycles. The molecule has 1 fully saturated rings. The number of carbonyl (C=O) groups is 1. The van der Waals surface area contributed by atoms with Crippen LogP contribution in [-0.2, 0) is 11.2 Å². The highest BCUT2D eigenvalue weighted by molar-refractivity contribution is 7.11. The highest BCUT2D eigenvalue weighted by Crippen LogP contribution is 2.36. The molecule has 1 unspecified atom stereocenters. The molecule has 37 heavy (non-hydrogen) atoms. The lowest BCUT2D eigenvalue weighted by atomic mass is 9.89. The monoisotopic (exact) mass is 528 g/mol. The molecule has 7 heteroatoms. The summed E-state index contributed by atoms with van der Waals surface area (Å²) < 4.78 is 5.40. The van der Waals surface area contributed by atoms with Crippen LogP contribution in [0.5, 0.6) is 0 Å². The van der Waals surface area contributed by atoms with Crippen LogP contribution in [-0.4, -0.2) is 57.4 Å². The molecular weight excluding hydrogens is 488 g/mol. The molecule has 0 saturated heterocycles. The number of unbranched alkanes of at least 4 members (excludes halogenated alkanes) is 1. The zero-order valence-corrected chi connectivity index (χ0v) is 22.3. The van der Waals surface area contributed by atoms with Gasteiger partial charge in [-0.3, -0.25) is 0 Å². The highest BCUT2D eigenvalue weighted by atomic mass is 32.1. The first kappa shape index (κ1) is 29.3. The maximum Gasteiger partial charge on any atom is 0.338 e. The van der Waals surface area contributed by atoms with Crippen molar-refractivity contribution in [1.82, 2.24) is 0 Å². The van der Waals surface area contributed by atoms with E-state index < -0.39 is 30.4 Å². The van der Waals surface area contributed by atoms with Crippen LogP contribution in [0.2, 0.25) is 0 Å². The Morgan fingerprint density at radius 2 is 1.89 bits per heavy atom. The number of benzene rings is 1. The maximum absolute atomic E-state index is 12.2. The predicted octanol–water partition coefficient (Wildman–Crippen LogP) is 4.60. The van der Waals surface area contributed by atoms with E-state index >= 15 is 0 Å². The third-order valence-electron chi connectivity index (χ3n) is 6.91. The second-order valence-corrected chi connectivity index (χ2v) is 11.2. The standard InChI is InChI=1S/C30H40O6S/c1-21-13-16-25(37-21)17-14-23(32)15-18-27-26(28(33)19-29(27)34)12-8-3-2-7-11-24(20-31)36-30(35)22-9-5-4-6-10-22/h3-6,8-10,13,15-16,18,23-24,26-29,31-34H,2,7,11-12,14,17,19-20H2,1H3/b8-3-,18-15+/t23-,24?,26+,27+,28-,29+/m0/s1. The second-order valence-electron chi connectivity index (χ2n) is 9.83. The van der Waals surface area contributed by atoms with Crippen LogP contribution in [0.25, 0.3) is 0 Å². The quantitative estimate of drug-likeness (QED) is 0.162. The largest absolute Gasteiger partial charge is 0.456 e. The van der Waals surface area contributed by atoms with Gasteiger partial charge in [0.1, 0.15) is 6.10 Å². The number of thiophene rings is 1. The van der Waals surface area contributed by atoms with Crippen molar-refractivity contribution in [3.63, 3.8) is 0 Å². The van der Waals surface area contributed by atoms with Crippen molar-refractivity contribution in [2.24, 2.45) is 11.8 Å². The van der Waals surface area contributed by atoms with Crippen molar-refractivity contribution in [2.75, 3.05) is 6.61 Å². The molecule has 4 N–H and O–H groups in total. The summed E-state index contributed by atoms with van der Waals surface area (Å²) in [4.78, 5) is 14.7. The first-order chi connectivity index (χ1) is 17.9. The van der Waals surface area contributed by atoms with Gasteiger partial charge in [-0.2, -0.15) is 0 Å². The second kappa shape index (κ2) is 15.2. The number of allylic oxidation sites excluding steroid dienone is 2. The molecule has 1 saturated carbocycles. The van der Waals surface area contributed by atoms with Gasteiger partial charge >= 0.3 is 5.97 Å². The number of hydrogen-bond acceptors (Lipinski definition) is 7. The Balaban J connectivity index is 1.40. The van der Waals surface area contributed by atoms with E-state index in [0.29, 0.717) is 31.2 Å². The summed E-state index contributed by atoms with van der Waals surface area (Å²) >= 11 is 1.74. The number of aliphatic hydroxyl groups excluding tert-OH is 4. The topological polar surface area (TPSA) is 107 Å². The van der Waals surface area contributed by atoms with E-state index in [-0.39, 0.29) is 18.4 Å². The Kier molecular flexibility index (Phi) is 12.0. The smallest absolute Gasteiger partial charge is 0.338 e. The molecule has 0 bridgehead atoms. The summed E-state index contributed by atoms with van der Waals surface area (Å²) in [6, 6.07) is 12.9. The summed E-state index contributed by atoms with van der Waals surface area (Å²) in [5, 5.41) is 40.9. The molecule has 3 rings (SSSR count). The molecule has 0 radical (unpaired) electrons. The number of rotatable bonds is 14. The fraction of sp³-hybridized carbons (Fsp3) is 0.500. The minimum Gasteiger partial charge on any atom is -0.456 e. The van der Waals surface area contributed by atoms with E-state index in [4.69, 9.17) is 4.74 Å². The minimum atomic E-state index is -0.624. The van der Waals surface area contributed by atoms with Crippen molar-refractivity contribution in [2.45, 2.75) is 76.3 Å². The van der Waals surface area contributed by atoms with Gasteiger partial charge in [-0.1, -0.05) is 42.5 Å². The number of esters is 1. The molecule has 1 aromatic carbocycles. The molecule has 1 aliphatic rings. The van der Waals surface area contributed by atoms with Gasteiger partial charge in [0.2, 0.25) is 0 Å². The molecule has 202 valence electrons. The zero-order chi connectivity index (χ0) is 26.6. The zero-order valence-electron chi connectivity index (χ0n) is 21.5. The average Bonchev–Trinajstić information content (AvgIpc) is 3.43. The van der Waals surface area contributed by atoms with Crippen LogP contribution >= 0.6 is 11.3 Å². The third kappa shape index (κ3) is 9.51. The predicted molar refractivity (Wildman–Crippen MR) is 146 cm³/mol. The first-order valence-electron chi connectivity index (χ1n) is 13.2. The molecule has 1 heterocycles. The van der Waals surface area contributed by atoms with Gasteiger partial charge in [0.05, 0.1) is 30.5 Å². The fourth-order valence-electron chi connectivity index (χ4n) is 4.78. The van der Waals surface area contributed by atoms with Crippen molar-refractivity contribution in [3.8, 4) is 0 Å². The van der Waals surface area contributed by atoms with Gasteiger partial charge < -0.3 is 25.2 Å². The van der Waals surface area contributed by atoms with Crippen molar-refractivity contribution in [3.05, 3.63) is 82.1 Å². The Labute approximate surface area is 223 Å². The van der Waals surface area contributed by atoms with Gasteiger partial charge in [0.15, 0.2) is 0 Å². The summed E-state index contributed by atoms with van der Waals surface area (Å²) in [6.07, 6.45) is 9.81. The highest BCUT2D eigenvalue weighted by Gasteiger charge is 2.39. The molecule has 6 atom stereocenters. The molecular formula is C30H40O6S. The number of ether oxygens (including phenoxy) is 1. The van der Waals surface area contributed by atoms with E-state index in [1.807, 2.05) is 24.3 Å². The average molecular weight is 529 g/mol. The SMILES string of the molecule is Cc1ccc(CC[C@H](O)/C=C/[C@@H]2[C@@H](C/C=C\CCCC(CO)OC(=O)c3ccccc3)[C@@H](O)C[C@H]2O)s1. The molecule has 6 nitrogen and oxygen atoms in total. The number of hydrogen-bond donors (Lipinski definition) is 4. The van der Waals surface area contributed by atoms with Crippen LogP contribution in [0.15, 0.2) is 66.8 Å². The van der Waals surface area contributed by atoms with Crippen molar-refractivity contribution < 1.29 is 30.0 Å². The molecule has 2 aromatic rings. The van der Waals surface area contributed by atoms with Gasteiger partial charge in [-0.15, -0.1) is 11.3 Å². The van der Waals surface area contributed by atoms with Gasteiger partial charge in [-0.05, 0) is 75.6 Å². The summed E-state index contributed by atoms with van der Waals surface area (Å²) in [6.45, 7) is 1.85. The van der Waals surface area contributed by atoms with Crippen molar-refractivity contribution >= 4 is 17.3 Å². The van der Waals surface area contributed by atoms with Gasteiger partial charge in [0, 0.05) is 22.1 Å². The lowest BCUT2D eigenvalue weighted by Gasteiger charge is -2.19. The number of aryl methyl sites for hydroxylation is 2. The van der Waals surface area contributed by atoms with E-state index in [1.54, 1.807) is 41.7 Å². The lowest BCUT2D eigenvalue weighted by molar-refractivity contribution is 0.0110. The van der Waals surface area contributed by atoms with E-state index in [0.717, 1.165) is 19.3 Å². The Bertz CT molecular complexity index is 1000. The summed E-state index contributed by atoms with van der Waals surface area (Å²) in [5.74, 6) is -0.740. The molecule has 0 amide bonds. The first-order valence-corrected chi connectivity index (χ1v) is 14.0. The number of aliphatic hydroxyl groups is 4. The minimum absolute atomic E-state index is 0.105. The van der Waals surface area contributed by atoms with Crippen LogP contribution in [0, 0.1) is 18.8 Å². The summed E-state index contributed by atoms with van der Waals surface area (Å²) in [7, 11) is 0. The van der Waals surface area contributed by atoms with Crippen LogP contribution < -0.4 is 0 Å². The normalized spacial score (nSPS) is 23.6. The number of carbonyl (C=O) groups excluding carboxylic acids is 1. The molecule has 1 aromatic heterocycles. The van der Waals surface area contributed by atoms with Crippen LogP contribution in [0.1, 0.15) is 58.6 Å². The van der Waals surface area contributed by atoms with E-state index in [9.17, 15) is 25.2 Å². The lowest BCUT2D eigenvalue weighted by Crippen LogP contribution is -2.22. The molecule has 0 aliphatic heterocycles. The van der Waals surface area contributed by atoms with Crippen LogP contribution in [0.4, 0.5) is 0 Å². The van der Waals surface area contributed by atoms with Crippen molar-refractivity contribution in [1.29, 1.82) is 0 Å².